The van der Waals surface area contributed by atoms with Gasteiger partial charge in [0.15, 0.2) is 0 Å². The van der Waals surface area contributed by atoms with Gasteiger partial charge < -0.3 is 15.2 Å². The van der Waals surface area contributed by atoms with Crippen molar-refractivity contribution in [3.8, 4) is 0 Å². The molecule has 0 unspecified atom stereocenters. The highest BCUT2D eigenvalue weighted by atomic mass is 16.6. The van der Waals surface area contributed by atoms with Gasteiger partial charge in [-0.25, -0.2) is 0 Å². The number of hydrogen-bond acceptors (Lipinski definition) is 4. The molecule has 0 spiro atoms. The minimum atomic E-state index is -0.494. The van der Waals surface area contributed by atoms with Gasteiger partial charge in [0.05, 0.1) is 6.61 Å². The summed E-state index contributed by atoms with van der Waals surface area (Å²) < 4.78 is 9.98. The van der Waals surface area contributed by atoms with Crippen LogP contribution in [-0.4, -0.2) is 31.8 Å². The van der Waals surface area contributed by atoms with Crippen molar-refractivity contribution in [3.63, 3.8) is 0 Å². The molecular formula is C9H19NO3. The van der Waals surface area contributed by atoms with E-state index in [1.807, 2.05) is 13.8 Å². The van der Waals surface area contributed by atoms with Gasteiger partial charge in [-0.05, 0) is 12.8 Å². The third-order valence-corrected chi connectivity index (χ3v) is 1.56. The maximum atomic E-state index is 11.0. The van der Waals surface area contributed by atoms with Crippen LogP contribution in [0.1, 0.15) is 26.7 Å². The van der Waals surface area contributed by atoms with Gasteiger partial charge in [-0.15, -0.1) is 0 Å². The Morgan fingerprint density at radius 1 is 1.31 bits per heavy atom. The van der Waals surface area contributed by atoms with Gasteiger partial charge in [0.25, 0.3) is 0 Å². The third-order valence-electron chi connectivity index (χ3n) is 1.56. The second-order valence-electron chi connectivity index (χ2n) is 2.79. The molecular weight excluding hydrogens is 170 g/mol. The van der Waals surface area contributed by atoms with Crippen LogP contribution >= 0.6 is 0 Å². The topological polar surface area (TPSA) is 61.5 Å². The van der Waals surface area contributed by atoms with E-state index in [2.05, 4.69) is 0 Å². The van der Waals surface area contributed by atoms with Crippen LogP contribution in [0.25, 0.3) is 0 Å². The highest BCUT2D eigenvalue weighted by Crippen LogP contribution is 1.90. The van der Waals surface area contributed by atoms with Crippen molar-refractivity contribution in [3.05, 3.63) is 0 Å². The number of rotatable bonds is 7. The molecule has 0 bridgehead atoms. The molecule has 0 radical (unpaired) electrons. The monoisotopic (exact) mass is 189 g/mol. The number of carbonyl (C=O) groups excluding carboxylic acids is 1. The van der Waals surface area contributed by atoms with Gasteiger partial charge in [-0.2, -0.15) is 0 Å². The molecule has 0 saturated carbocycles. The summed E-state index contributed by atoms with van der Waals surface area (Å²) in [5, 5.41) is 0. The molecule has 0 aromatic rings. The van der Waals surface area contributed by atoms with Crippen molar-refractivity contribution in [2.75, 3.05) is 19.8 Å². The smallest absolute Gasteiger partial charge is 0.322 e. The van der Waals surface area contributed by atoms with Crippen LogP contribution in [0.15, 0.2) is 0 Å². The number of nitrogens with two attached hydrogens (primary N) is 1. The van der Waals surface area contributed by atoms with Crippen molar-refractivity contribution in [1.29, 1.82) is 0 Å². The lowest BCUT2D eigenvalue weighted by atomic mass is 10.2. The minimum absolute atomic E-state index is 0.298. The molecule has 78 valence electrons. The average molecular weight is 189 g/mol. The molecule has 0 heterocycles. The Bertz CT molecular complexity index is 139. The predicted molar refractivity (Wildman–Crippen MR) is 50.3 cm³/mol. The SMILES string of the molecule is CCCOCCOC(=O)[C@@H](N)CC. The van der Waals surface area contributed by atoms with Gasteiger partial charge in [-0.1, -0.05) is 13.8 Å². The van der Waals surface area contributed by atoms with Crippen molar-refractivity contribution < 1.29 is 14.3 Å². The zero-order valence-corrected chi connectivity index (χ0v) is 8.41. The summed E-state index contributed by atoms with van der Waals surface area (Å²) in [5.74, 6) is -0.345. The second-order valence-corrected chi connectivity index (χ2v) is 2.79. The second kappa shape index (κ2) is 8.01. The normalized spacial score (nSPS) is 12.5. The fourth-order valence-electron chi connectivity index (χ4n) is 0.721. The average Bonchev–Trinajstić information content (AvgIpc) is 2.16. The van der Waals surface area contributed by atoms with E-state index >= 15 is 0 Å². The van der Waals surface area contributed by atoms with E-state index in [9.17, 15) is 4.79 Å². The zero-order chi connectivity index (χ0) is 10.1. The summed E-state index contributed by atoms with van der Waals surface area (Å²) in [4.78, 5) is 11.0. The summed E-state index contributed by atoms with van der Waals surface area (Å²) in [6.45, 7) is 5.33. The Balaban J connectivity index is 3.27. The molecule has 13 heavy (non-hydrogen) atoms. The predicted octanol–water partition coefficient (Wildman–Crippen LogP) is 0.694. The largest absolute Gasteiger partial charge is 0.462 e. The molecule has 4 nitrogen and oxygen atoms in total. The minimum Gasteiger partial charge on any atom is -0.462 e. The van der Waals surface area contributed by atoms with Crippen LogP contribution in [0.3, 0.4) is 0 Å². The molecule has 1 atom stereocenters. The van der Waals surface area contributed by atoms with Crippen LogP contribution in [0.4, 0.5) is 0 Å². The first-order valence-electron chi connectivity index (χ1n) is 4.72. The maximum absolute atomic E-state index is 11.0. The molecule has 0 fully saturated rings. The standard InChI is InChI=1S/C9H19NO3/c1-3-5-12-6-7-13-9(11)8(10)4-2/h8H,3-7,10H2,1-2H3/t8-/m0/s1. The molecule has 0 aromatic carbocycles. The number of hydrogen-bond donors (Lipinski definition) is 1. The lowest BCUT2D eigenvalue weighted by molar-refractivity contribution is -0.146. The first-order valence-corrected chi connectivity index (χ1v) is 4.72. The highest BCUT2D eigenvalue weighted by Gasteiger charge is 2.11. The Kier molecular flexibility index (Phi) is 7.63. The van der Waals surface area contributed by atoms with Gasteiger partial charge in [-0.3, -0.25) is 4.79 Å². The van der Waals surface area contributed by atoms with Crippen LogP contribution in [0.5, 0.6) is 0 Å². The van der Waals surface area contributed by atoms with Gasteiger partial charge in [0.2, 0.25) is 0 Å². The van der Waals surface area contributed by atoms with E-state index in [1.165, 1.54) is 0 Å². The number of carbonyl (C=O) groups is 1. The Morgan fingerprint density at radius 2 is 2.00 bits per heavy atom. The Labute approximate surface area is 79.4 Å². The van der Waals surface area contributed by atoms with Crippen LogP contribution in [-0.2, 0) is 14.3 Å². The number of esters is 1. The Morgan fingerprint density at radius 3 is 2.54 bits per heavy atom. The van der Waals surface area contributed by atoms with Gasteiger partial charge >= 0.3 is 5.97 Å². The molecule has 0 saturated heterocycles. The third kappa shape index (κ3) is 6.54. The summed E-state index contributed by atoms with van der Waals surface area (Å²) in [7, 11) is 0. The first-order chi connectivity index (χ1) is 6.22. The lowest BCUT2D eigenvalue weighted by Gasteiger charge is -2.08. The van der Waals surface area contributed by atoms with Crippen LogP contribution < -0.4 is 5.73 Å². The van der Waals surface area contributed by atoms with Gasteiger partial charge in [0.1, 0.15) is 12.6 Å². The highest BCUT2D eigenvalue weighted by molar-refractivity contribution is 5.75. The fraction of sp³-hybridized carbons (Fsp3) is 0.889. The molecule has 0 aliphatic rings. The van der Waals surface area contributed by atoms with Crippen molar-refractivity contribution >= 4 is 5.97 Å². The summed E-state index contributed by atoms with van der Waals surface area (Å²) in [6, 6.07) is -0.494. The molecule has 0 aromatic heterocycles. The molecule has 0 amide bonds. The van der Waals surface area contributed by atoms with Crippen molar-refractivity contribution in [1.82, 2.24) is 0 Å². The van der Waals surface area contributed by atoms with Crippen molar-refractivity contribution in [2.24, 2.45) is 5.73 Å². The fourth-order valence-corrected chi connectivity index (χ4v) is 0.721. The zero-order valence-electron chi connectivity index (χ0n) is 8.41. The van der Waals surface area contributed by atoms with Crippen molar-refractivity contribution in [2.45, 2.75) is 32.7 Å². The quantitative estimate of drug-likeness (QED) is 0.473. The molecule has 0 rings (SSSR count). The van der Waals surface area contributed by atoms with E-state index in [0.29, 0.717) is 26.2 Å². The molecule has 0 aliphatic heterocycles. The summed E-state index contributed by atoms with van der Waals surface area (Å²) in [5.41, 5.74) is 5.44. The number of ether oxygens (including phenoxy) is 2. The summed E-state index contributed by atoms with van der Waals surface area (Å²) >= 11 is 0. The van der Waals surface area contributed by atoms with Crippen LogP contribution in [0.2, 0.25) is 0 Å². The molecule has 4 heteroatoms. The molecule has 2 N–H and O–H groups in total. The summed E-state index contributed by atoms with van der Waals surface area (Å²) in [6.07, 6.45) is 1.58. The maximum Gasteiger partial charge on any atom is 0.322 e. The van der Waals surface area contributed by atoms with E-state index in [0.717, 1.165) is 6.42 Å². The van der Waals surface area contributed by atoms with E-state index < -0.39 is 6.04 Å². The van der Waals surface area contributed by atoms with E-state index in [4.69, 9.17) is 15.2 Å². The molecule has 0 aliphatic carbocycles. The van der Waals surface area contributed by atoms with E-state index in [-0.39, 0.29) is 5.97 Å². The Hall–Kier alpha value is -0.610. The lowest BCUT2D eigenvalue weighted by Crippen LogP contribution is -2.32. The van der Waals surface area contributed by atoms with Gasteiger partial charge in [0, 0.05) is 6.61 Å². The first kappa shape index (κ1) is 12.4. The van der Waals surface area contributed by atoms with Crippen LogP contribution in [0, 0.1) is 0 Å². The van der Waals surface area contributed by atoms with E-state index in [1.54, 1.807) is 0 Å².